The molecule has 1 nitrogen and oxygen atoms in total. The Morgan fingerprint density at radius 2 is 1.93 bits per heavy atom. The molecule has 15 heavy (non-hydrogen) atoms. The Kier molecular flexibility index (Phi) is 4.53. The molecule has 0 amide bonds. The van der Waals surface area contributed by atoms with Gasteiger partial charge in [0.15, 0.2) is 0 Å². The molecule has 0 bridgehead atoms. The molecule has 0 aliphatic rings. The molecule has 0 fully saturated rings. The van der Waals surface area contributed by atoms with Gasteiger partial charge in [-0.25, -0.2) is 17.6 Å². The molecule has 0 heterocycles. The van der Waals surface area contributed by atoms with Crippen LogP contribution in [0.1, 0.15) is 5.56 Å². The summed E-state index contributed by atoms with van der Waals surface area (Å²) in [7, 11) is 0. The van der Waals surface area contributed by atoms with Gasteiger partial charge in [0.05, 0.1) is 16.6 Å². The molecule has 0 saturated heterocycles. The Hall–Kier alpha value is -0.620. The second-order valence-electron chi connectivity index (χ2n) is 2.73. The Labute approximate surface area is 92.2 Å². The molecule has 1 aromatic rings. The van der Waals surface area contributed by atoms with Crippen molar-refractivity contribution < 1.29 is 22.3 Å². The molecule has 0 aliphatic carbocycles. The van der Waals surface area contributed by atoms with Gasteiger partial charge in [0.25, 0.3) is 6.43 Å². The van der Waals surface area contributed by atoms with Crippen LogP contribution in [0.2, 0.25) is 0 Å². The lowest BCUT2D eigenvalue weighted by Gasteiger charge is -2.07. The molecule has 0 saturated carbocycles. The van der Waals surface area contributed by atoms with Crippen molar-refractivity contribution in [2.24, 2.45) is 0 Å². The van der Waals surface area contributed by atoms with Crippen molar-refractivity contribution in [2.75, 3.05) is 6.61 Å². The molecule has 0 aliphatic heterocycles. The van der Waals surface area contributed by atoms with E-state index in [9.17, 15) is 17.6 Å². The van der Waals surface area contributed by atoms with Crippen molar-refractivity contribution in [2.45, 2.75) is 13.0 Å². The Balaban J connectivity index is 2.71. The average molecular weight is 287 g/mol. The fraction of sp³-hybridized carbons (Fsp3) is 0.333. The van der Waals surface area contributed by atoms with Crippen molar-refractivity contribution in [3.8, 4) is 0 Å². The monoisotopic (exact) mass is 286 g/mol. The zero-order valence-corrected chi connectivity index (χ0v) is 9.03. The molecule has 84 valence electrons. The van der Waals surface area contributed by atoms with Gasteiger partial charge in [-0.05, 0) is 28.1 Å². The third-order valence-electron chi connectivity index (χ3n) is 1.63. The smallest absolute Gasteiger partial charge is 0.261 e. The molecule has 0 radical (unpaired) electrons. The summed E-state index contributed by atoms with van der Waals surface area (Å²) >= 11 is 2.86. The zero-order chi connectivity index (χ0) is 11.4. The molecule has 6 heteroatoms. The van der Waals surface area contributed by atoms with E-state index in [1.165, 1.54) is 6.07 Å². The molecule has 0 atom stereocenters. The number of ether oxygens (including phenoxy) is 1. The number of hydrogen-bond donors (Lipinski definition) is 0. The Morgan fingerprint density at radius 3 is 2.53 bits per heavy atom. The van der Waals surface area contributed by atoms with E-state index in [2.05, 4.69) is 20.7 Å². The number of hydrogen-bond acceptors (Lipinski definition) is 1. The summed E-state index contributed by atoms with van der Waals surface area (Å²) in [4.78, 5) is 0. The number of benzene rings is 1. The molecular formula is C9H7BrF4O. The number of halogens is 5. The lowest BCUT2D eigenvalue weighted by molar-refractivity contribution is 0.00805. The number of alkyl halides is 2. The first kappa shape index (κ1) is 12.4. The van der Waals surface area contributed by atoms with E-state index in [-0.39, 0.29) is 10.0 Å². The van der Waals surface area contributed by atoms with Gasteiger partial charge in [-0.3, -0.25) is 0 Å². The maximum Gasteiger partial charge on any atom is 0.261 e. The first-order valence-corrected chi connectivity index (χ1v) is 4.80. The van der Waals surface area contributed by atoms with Crippen molar-refractivity contribution in [1.82, 2.24) is 0 Å². The number of rotatable bonds is 4. The fourth-order valence-electron chi connectivity index (χ4n) is 0.951. The van der Waals surface area contributed by atoms with Gasteiger partial charge in [0.2, 0.25) is 0 Å². The molecule has 1 rings (SSSR count). The quantitative estimate of drug-likeness (QED) is 0.608. The van der Waals surface area contributed by atoms with Crippen molar-refractivity contribution >= 4 is 15.9 Å². The van der Waals surface area contributed by atoms with Gasteiger partial charge < -0.3 is 4.74 Å². The van der Waals surface area contributed by atoms with Crippen LogP contribution in [-0.2, 0) is 11.3 Å². The van der Waals surface area contributed by atoms with Crippen LogP contribution in [-0.4, -0.2) is 13.0 Å². The highest BCUT2D eigenvalue weighted by molar-refractivity contribution is 9.10. The van der Waals surface area contributed by atoms with E-state index < -0.39 is 31.3 Å². The third-order valence-corrected chi connectivity index (χ3v) is 2.24. The average Bonchev–Trinajstić information content (AvgIpc) is 2.17. The van der Waals surface area contributed by atoms with Crippen molar-refractivity contribution in [3.05, 3.63) is 33.8 Å². The topological polar surface area (TPSA) is 9.23 Å². The van der Waals surface area contributed by atoms with Gasteiger partial charge >= 0.3 is 0 Å². The molecule has 0 unspecified atom stereocenters. The minimum Gasteiger partial charge on any atom is -0.371 e. The minimum atomic E-state index is -2.65. The van der Waals surface area contributed by atoms with Crippen LogP contribution in [0.5, 0.6) is 0 Å². The predicted octanol–water partition coefficient (Wildman–Crippen LogP) is 3.51. The van der Waals surface area contributed by atoms with E-state index in [1.807, 2.05) is 0 Å². The minimum absolute atomic E-state index is 0.0690. The van der Waals surface area contributed by atoms with Crippen LogP contribution in [0, 0.1) is 11.6 Å². The van der Waals surface area contributed by atoms with Crippen LogP contribution in [0.3, 0.4) is 0 Å². The highest BCUT2D eigenvalue weighted by Crippen LogP contribution is 2.22. The summed E-state index contributed by atoms with van der Waals surface area (Å²) in [6.45, 7) is -1.35. The summed E-state index contributed by atoms with van der Waals surface area (Å²) in [6, 6.07) is 2.23. The first-order chi connectivity index (χ1) is 7.02. The van der Waals surface area contributed by atoms with E-state index in [4.69, 9.17) is 0 Å². The lowest BCUT2D eigenvalue weighted by Crippen LogP contribution is -2.06. The maximum absolute atomic E-state index is 13.2. The summed E-state index contributed by atoms with van der Waals surface area (Å²) in [5.74, 6) is -1.64. The molecular weight excluding hydrogens is 280 g/mol. The van der Waals surface area contributed by atoms with E-state index in [0.29, 0.717) is 0 Å². The van der Waals surface area contributed by atoms with Crippen LogP contribution < -0.4 is 0 Å². The second kappa shape index (κ2) is 5.46. The van der Waals surface area contributed by atoms with Crippen molar-refractivity contribution in [1.29, 1.82) is 0 Å². The molecule has 1 aromatic carbocycles. The summed E-state index contributed by atoms with van der Waals surface area (Å²) in [5, 5.41) is 0. The lowest BCUT2D eigenvalue weighted by atomic mass is 10.2. The Bertz CT molecular complexity index is 343. The van der Waals surface area contributed by atoms with Gasteiger partial charge in [0.1, 0.15) is 18.2 Å². The zero-order valence-electron chi connectivity index (χ0n) is 7.44. The van der Waals surface area contributed by atoms with Gasteiger partial charge in [-0.1, -0.05) is 0 Å². The van der Waals surface area contributed by atoms with Crippen LogP contribution >= 0.6 is 15.9 Å². The maximum atomic E-state index is 13.2. The van der Waals surface area contributed by atoms with Crippen LogP contribution in [0.4, 0.5) is 17.6 Å². The Morgan fingerprint density at radius 1 is 1.27 bits per heavy atom. The van der Waals surface area contributed by atoms with Crippen molar-refractivity contribution in [3.63, 3.8) is 0 Å². The first-order valence-electron chi connectivity index (χ1n) is 4.00. The SMILES string of the molecule is Fc1ccc(Br)c(F)c1COCC(F)F. The third kappa shape index (κ3) is 3.46. The highest BCUT2D eigenvalue weighted by Gasteiger charge is 2.13. The molecule has 0 spiro atoms. The fourth-order valence-corrected chi connectivity index (χ4v) is 1.32. The van der Waals surface area contributed by atoms with Crippen LogP contribution in [0.15, 0.2) is 16.6 Å². The van der Waals surface area contributed by atoms with E-state index >= 15 is 0 Å². The standard InChI is InChI=1S/C9H7BrF4O/c10-6-1-2-7(11)5(9(6)14)3-15-4-8(12)13/h1-2,8H,3-4H2. The summed E-state index contributed by atoms with van der Waals surface area (Å²) < 4.78 is 54.2. The normalized spacial score (nSPS) is 11.1. The molecule has 0 N–H and O–H groups in total. The van der Waals surface area contributed by atoms with Crippen LogP contribution in [0.25, 0.3) is 0 Å². The van der Waals surface area contributed by atoms with E-state index in [1.54, 1.807) is 0 Å². The van der Waals surface area contributed by atoms with Gasteiger partial charge in [-0.2, -0.15) is 0 Å². The largest absolute Gasteiger partial charge is 0.371 e. The molecule has 0 aromatic heterocycles. The second-order valence-corrected chi connectivity index (χ2v) is 3.58. The van der Waals surface area contributed by atoms with E-state index in [0.717, 1.165) is 6.07 Å². The van der Waals surface area contributed by atoms with Gasteiger partial charge in [0, 0.05) is 0 Å². The predicted molar refractivity (Wildman–Crippen MR) is 49.7 cm³/mol. The summed E-state index contributed by atoms with van der Waals surface area (Å²) in [6.07, 6.45) is -2.65. The highest BCUT2D eigenvalue weighted by atomic mass is 79.9. The summed E-state index contributed by atoms with van der Waals surface area (Å²) in [5.41, 5.74) is -0.356. The van der Waals surface area contributed by atoms with Gasteiger partial charge in [-0.15, -0.1) is 0 Å².